The molecule has 3 heteroatoms. The van der Waals surface area contributed by atoms with Gasteiger partial charge in [-0.25, -0.2) is 0 Å². The maximum Gasteiger partial charge on any atom is 0.0541 e. The fourth-order valence-electron chi connectivity index (χ4n) is 2.09. The fourth-order valence-corrected chi connectivity index (χ4v) is 2.89. The molecule has 1 heterocycles. The number of thioether (sulfide) groups is 1. The Bertz CT molecular complexity index is 289. The standard InChI is InChI=1S/C12H18N2S/c1-15-12-6-5-10(8-12)14-9-11-4-2-3-7-13-11/h2-4,7,10,12,14H,5-6,8-9H2,1H3. The number of hydrogen-bond donors (Lipinski definition) is 1. The molecule has 1 aromatic heterocycles. The van der Waals surface area contributed by atoms with E-state index >= 15 is 0 Å². The van der Waals surface area contributed by atoms with Gasteiger partial charge in [0.15, 0.2) is 0 Å². The lowest BCUT2D eigenvalue weighted by Gasteiger charge is -2.11. The second kappa shape index (κ2) is 5.52. The first kappa shape index (κ1) is 11.0. The number of rotatable bonds is 4. The minimum atomic E-state index is 0.699. The normalized spacial score (nSPS) is 25.7. The zero-order valence-corrected chi connectivity index (χ0v) is 9.96. The van der Waals surface area contributed by atoms with Crippen molar-refractivity contribution in [1.82, 2.24) is 10.3 Å². The van der Waals surface area contributed by atoms with Gasteiger partial charge in [0.05, 0.1) is 5.69 Å². The van der Waals surface area contributed by atoms with Gasteiger partial charge in [-0.3, -0.25) is 4.98 Å². The average Bonchev–Trinajstić information content (AvgIpc) is 2.76. The van der Waals surface area contributed by atoms with E-state index in [4.69, 9.17) is 0 Å². The van der Waals surface area contributed by atoms with E-state index in [9.17, 15) is 0 Å². The van der Waals surface area contributed by atoms with Crippen LogP contribution in [0.4, 0.5) is 0 Å². The quantitative estimate of drug-likeness (QED) is 0.847. The predicted molar refractivity (Wildman–Crippen MR) is 66.0 cm³/mol. The van der Waals surface area contributed by atoms with Crippen LogP contribution in [0.5, 0.6) is 0 Å². The van der Waals surface area contributed by atoms with Gasteiger partial charge in [-0.2, -0.15) is 11.8 Å². The monoisotopic (exact) mass is 222 g/mol. The molecule has 1 aliphatic rings. The second-order valence-electron chi connectivity index (χ2n) is 4.07. The third kappa shape index (κ3) is 3.21. The zero-order valence-electron chi connectivity index (χ0n) is 9.15. The van der Waals surface area contributed by atoms with Crippen molar-refractivity contribution in [3.05, 3.63) is 30.1 Å². The molecule has 1 aromatic rings. The highest BCUT2D eigenvalue weighted by Crippen LogP contribution is 2.28. The van der Waals surface area contributed by atoms with Crippen LogP contribution in [0.15, 0.2) is 24.4 Å². The summed E-state index contributed by atoms with van der Waals surface area (Å²) in [5.41, 5.74) is 1.14. The van der Waals surface area contributed by atoms with Crippen molar-refractivity contribution in [2.45, 2.75) is 37.1 Å². The van der Waals surface area contributed by atoms with Crippen LogP contribution in [0.1, 0.15) is 25.0 Å². The van der Waals surface area contributed by atoms with Crippen LogP contribution in [0.25, 0.3) is 0 Å². The first-order chi connectivity index (χ1) is 7.38. The Labute approximate surface area is 95.9 Å². The number of hydrogen-bond acceptors (Lipinski definition) is 3. The molecule has 0 radical (unpaired) electrons. The van der Waals surface area contributed by atoms with E-state index in [-0.39, 0.29) is 0 Å². The van der Waals surface area contributed by atoms with Crippen LogP contribution in [0.3, 0.4) is 0 Å². The summed E-state index contributed by atoms with van der Waals surface area (Å²) in [7, 11) is 0. The Morgan fingerprint density at radius 2 is 2.40 bits per heavy atom. The third-order valence-electron chi connectivity index (χ3n) is 3.02. The number of nitrogens with one attached hydrogen (secondary N) is 1. The van der Waals surface area contributed by atoms with Gasteiger partial charge in [-0.05, 0) is 37.7 Å². The maximum absolute atomic E-state index is 4.31. The molecule has 1 fully saturated rings. The zero-order chi connectivity index (χ0) is 10.5. The van der Waals surface area contributed by atoms with Crippen molar-refractivity contribution in [2.24, 2.45) is 0 Å². The Morgan fingerprint density at radius 1 is 1.47 bits per heavy atom. The van der Waals surface area contributed by atoms with Gasteiger partial charge in [0.2, 0.25) is 0 Å². The second-order valence-corrected chi connectivity index (χ2v) is 5.21. The van der Waals surface area contributed by atoms with Crippen LogP contribution >= 0.6 is 11.8 Å². The van der Waals surface area contributed by atoms with E-state index in [0.29, 0.717) is 6.04 Å². The Hall–Kier alpha value is -0.540. The molecule has 15 heavy (non-hydrogen) atoms. The molecule has 0 spiro atoms. The smallest absolute Gasteiger partial charge is 0.0541 e. The average molecular weight is 222 g/mol. The van der Waals surface area contributed by atoms with Gasteiger partial charge in [0.25, 0.3) is 0 Å². The van der Waals surface area contributed by atoms with Crippen molar-refractivity contribution < 1.29 is 0 Å². The van der Waals surface area contributed by atoms with Gasteiger partial charge < -0.3 is 5.32 Å². The number of pyridine rings is 1. The molecule has 0 aromatic carbocycles. The highest BCUT2D eigenvalue weighted by molar-refractivity contribution is 7.99. The summed E-state index contributed by atoms with van der Waals surface area (Å²) in [4.78, 5) is 4.31. The van der Waals surface area contributed by atoms with Crippen LogP contribution in [0, 0.1) is 0 Å². The van der Waals surface area contributed by atoms with Crippen molar-refractivity contribution in [2.75, 3.05) is 6.26 Å². The molecule has 2 atom stereocenters. The molecule has 0 saturated heterocycles. The Morgan fingerprint density at radius 3 is 3.07 bits per heavy atom. The van der Waals surface area contributed by atoms with Gasteiger partial charge in [0, 0.05) is 24.0 Å². The lowest BCUT2D eigenvalue weighted by molar-refractivity contribution is 0.520. The summed E-state index contributed by atoms with van der Waals surface area (Å²) in [6.45, 7) is 0.909. The topological polar surface area (TPSA) is 24.9 Å². The molecule has 82 valence electrons. The van der Waals surface area contributed by atoms with Crippen LogP contribution in [-0.4, -0.2) is 22.5 Å². The van der Waals surface area contributed by atoms with Crippen LogP contribution in [-0.2, 0) is 6.54 Å². The van der Waals surface area contributed by atoms with Crippen LogP contribution in [0.2, 0.25) is 0 Å². The summed E-state index contributed by atoms with van der Waals surface area (Å²) in [5.74, 6) is 0. The molecular weight excluding hydrogens is 204 g/mol. The predicted octanol–water partition coefficient (Wildman–Crippen LogP) is 2.46. The SMILES string of the molecule is CSC1CCC(NCc2ccccn2)C1. The summed E-state index contributed by atoms with van der Waals surface area (Å²) in [6, 6.07) is 6.78. The Balaban J connectivity index is 1.75. The van der Waals surface area contributed by atoms with Gasteiger partial charge in [-0.1, -0.05) is 6.07 Å². The van der Waals surface area contributed by atoms with Crippen molar-refractivity contribution in [1.29, 1.82) is 0 Å². The molecule has 1 aliphatic carbocycles. The molecule has 0 amide bonds. The van der Waals surface area contributed by atoms with E-state index in [1.54, 1.807) is 0 Å². The Kier molecular flexibility index (Phi) is 4.03. The van der Waals surface area contributed by atoms with Crippen molar-refractivity contribution in [3.63, 3.8) is 0 Å². The first-order valence-corrected chi connectivity index (χ1v) is 6.83. The molecule has 2 unspecified atom stereocenters. The van der Waals surface area contributed by atoms with E-state index in [0.717, 1.165) is 17.5 Å². The van der Waals surface area contributed by atoms with Crippen molar-refractivity contribution >= 4 is 11.8 Å². The maximum atomic E-state index is 4.31. The molecule has 1 N–H and O–H groups in total. The minimum absolute atomic E-state index is 0.699. The molecule has 2 rings (SSSR count). The molecule has 0 bridgehead atoms. The summed E-state index contributed by atoms with van der Waals surface area (Å²) >= 11 is 2.00. The largest absolute Gasteiger partial charge is 0.308 e. The highest BCUT2D eigenvalue weighted by atomic mass is 32.2. The highest BCUT2D eigenvalue weighted by Gasteiger charge is 2.23. The number of aromatic nitrogens is 1. The van der Waals surface area contributed by atoms with E-state index < -0.39 is 0 Å². The van der Waals surface area contributed by atoms with Gasteiger partial charge in [0.1, 0.15) is 0 Å². The summed E-state index contributed by atoms with van der Waals surface area (Å²) < 4.78 is 0. The summed E-state index contributed by atoms with van der Waals surface area (Å²) in [6.07, 6.45) is 8.07. The molecule has 0 aliphatic heterocycles. The molecule has 2 nitrogen and oxygen atoms in total. The molecular formula is C12H18N2S. The third-order valence-corrected chi connectivity index (χ3v) is 4.11. The van der Waals surface area contributed by atoms with Gasteiger partial charge >= 0.3 is 0 Å². The van der Waals surface area contributed by atoms with Crippen molar-refractivity contribution in [3.8, 4) is 0 Å². The first-order valence-electron chi connectivity index (χ1n) is 5.54. The lowest BCUT2D eigenvalue weighted by atomic mass is 10.2. The van der Waals surface area contributed by atoms with E-state index in [2.05, 4.69) is 22.6 Å². The molecule has 1 saturated carbocycles. The number of nitrogens with zero attached hydrogens (tertiary/aromatic N) is 1. The van der Waals surface area contributed by atoms with Crippen LogP contribution < -0.4 is 5.32 Å². The summed E-state index contributed by atoms with van der Waals surface area (Å²) in [5, 5.41) is 4.45. The van der Waals surface area contributed by atoms with Gasteiger partial charge in [-0.15, -0.1) is 0 Å². The van der Waals surface area contributed by atoms with E-state index in [1.807, 2.05) is 30.1 Å². The van der Waals surface area contributed by atoms with E-state index in [1.165, 1.54) is 19.3 Å². The lowest BCUT2D eigenvalue weighted by Crippen LogP contribution is -2.26. The fraction of sp³-hybridized carbons (Fsp3) is 0.583. The minimum Gasteiger partial charge on any atom is -0.308 e.